The highest BCUT2D eigenvalue weighted by Crippen LogP contribution is 2.30. The van der Waals surface area contributed by atoms with Gasteiger partial charge in [0.15, 0.2) is 11.9 Å². The first kappa shape index (κ1) is 17.7. The van der Waals surface area contributed by atoms with Gasteiger partial charge in [-0.05, 0) is 41.5 Å². The Morgan fingerprint density at radius 3 is 2.33 bits per heavy atom. The van der Waals surface area contributed by atoms with Gasteiger partial charge in [0.2, 0.25) is 0 Å². The number of likely N-dealkylation sites (tertiary alicyclic amines) is 1. The van der Waals surface area contributed by atoms with Crippen molar-refractivity contribution in [2.45, 2.75) is 65.6 Å². The number of hydrogen-bond acceptors (Lipinski definition) is 5. The summed E-state index contributed by atoms with van der Waals surface area (Å²) < 4.78 is 15.9. The lowest BCUT2D eigenvalue weighted by atomic mass is 9.96. The molecule has 1 heterocycles. The molecular weight excluding hydrogens is 274 g/mol. The predicted octanol–water partition coefficient (Wildman–Crippen LogP) is 2.48. The molecule has 1 aliphatic heterocycles. The van der Waals surface area contributed by atoms with E-state index in [4.69, 9.17) is 14.2 Å². The van der Waals surface area contributed by atoms with E-state index in [2.05, 4.69) is 0 Å². The third-order valence-electron chi connectivity index (χ3n) is 3.03. The van der Waals surface area contributed by atoms with Crippen LogP contribution in [0.5, 0.6) is 0 Å². The summed E-state index contributed by atoms with van der Waals surface area (Å²) in [6.45, 7) is 10.7. The second-order valence-electron chi connectivity index (χ2n) is 6.02. The van der Waals surface area contributed by atoms with Crippen LogP contribution in [0.4, 0.5) is 4.79 Å². The van der Waals surface area contributed by atoms with Crippen LogP contribution in [0, 0.1) is 0 Å². The molecule has 0 aliphatic carbocycles. The van der Waals surface area contributed by atoms with Gasteiger partial charge >= 0.3 is 6.09 Å². The van der Waals surface area contributed by atoms with Gasteiger partial charge in [0, 0.05) is 7.11 Å². The average molecular weight is 299 g/mol. The van der Waals surface area contributed by atoms with E-state index in [-0.39, 0.29) is 6.10 Å². The van der Waals surface area contributed by atoms with Crippen molar-refractivity contribution in [3.05, 3.63) is 11.6 Å². The first-order valence-electron chi connectivity index (χ1n) is 7.00. The van der Waals surface area contributed by atoms with Gasteiger partial charge in [0.25, 0.3) is 5.91 Å². The van der Waals surface area contributed by atoms with Crippen LogP contribution in [0.2, 0.25) is 0 Å². The number of carbonyl (C=O) groups is 2. The maximum atomic E-state index is 12.2. The van der Waals surface area contributed by atoms with Crippen molar-refractivity contribution in [1.29, 1.82) is 0 Å². The van der Waals surface area contributed by atoms with E-state index in [1.54, 1.807) is 27.7 Å². The zero-order valence-electron chi connectivity index (χ0n) is 13.8. The number of allylic oxidation sites excluding steroid dienone is 1. The Hall–Kier alpha value is -1.40. The van der Waals surface area contributed by atoms with Crippen LogP contribution >= 0.6 is 0 Å². The number of nitrogens with zero attached hydrogens (tertiary/aromatic N) is 1. The number of ether oxygens (including phenoxy) is 3. The molecule has 0 N–H and O–H groups in total. The van der Waals surface area contributed by atoms with E-state index in [1.807, 2.05) is 19.9 Å². The molecule has 0 spiro atoms. The molecule has 0 aromatic carbocycles. The van der Waals surface area contributed by atoms with Crippen LogP contribution in [0.25, 0.3) is 0 Å². The second-order valence-corrected chi connectivity index (χ2v) is 6.02. The summed E-state index contributed by atoms with van der Waals surface area (Å²) in [5, 5.41) is 0. The molecule has 0 aromatic heterocycles. The van der Waals surface area contributed by atoms with Gasteiger partial charge in [-0.15, -0.1) is 0 Å². The minimum absolute atomic E-state index is 0.284. The number of methoxy groups -OCH3 is 1. The van der Waals surface area contributed by atoms with E-state index in [9.17, 15) is 9.59 Å². The Kier molecular flexibility index (Phi) is 5.53. The summed E-state index contributed by atoms with van der Waals surface area (Å²) in [7, 11) is 1.50. The summed E-state index contributed by atoms with van der Waals surface area (Å²) >= 11 is 0. The van der Waals surface area contributed by atoms with E-state index in [0.29, 0.717) is 0 Å². The molecule has 1 aliphatic rings. The molecule has 1 fully saturated rings. The Morgan fingerprint density at radius 1 is 1.33 bits per heavy atom. The summed E-state index contributed by atoms with van der Waals surface area (Å²) in [4.78, 5) is 25.3. The van der Waals surface area contributed by atoms with Crippen molar-refractivity contribution < 1.29 is 23.8 Å². The van der Waals surface area contributed by atoms with E-state index < -0.39 is 29.9 Å². The van der Waals surface area contributed by atoms with E-state index in [1.165, 1.54) is 7.11 Å². The van der Waals surface area contributed by atoms with Crippen LogP contribution < -0.4 is 0 Å². The topological polar surface area (TPSA) is 65.1 Å². The summed E-state index contributed by atoms with van der Waals surface area (Å²) in [6, 6.07) is -0.469. The summed E-state index contributed by atoms with van der Waals surface area (Å²) in [6.07, 6.45) is 0.148. The largest absolute Gasteiger partial charge is 0.446 e. The van der Waals surface area contributed by atoms with Gasteiger partial charge in [0.1, 0.15) is 0 Å². The van der Waals surface area contributed by atoms with E-state index >= 15 is 0 Å². The Morgan fingerprint density at radius 2 is 1.90 bits per heavy atom. The minimum atomic E-state index is -0.901. The maximum absolute atomic E-state index is 12.2. The van der Waals surface area contributed by atoms with Gasteiger partial charge in [-0.2, -0.15) is 0 Å². The monoisotopic (exact) mass is 299 g/mol. The van der Waals surface area contributed by atoms with Crippen molar-refractivity contribution in [1.82, 2.24) is 4.90 Å². The smallest absolute Gasteiger partial charge is 0.417 e. The molecule has 2 atom stereocenters. The fourth-order valence-corrected chi connectivity index (χ4v) is 1.93. The third-order valence-corrected chi connectivity index (χ3v) is 3.03. The fraction of sp³-hybridized carbons (Fsp3) is 0.733. The summed E-state index contributed by atoms with van der Waals surface area (Å²) in [5.41, 5.74) is 0.985. The molecule has 0 unspecified atom stereocenters. The van der Waals surface area contributed by atoms with Crippen LogP contribution in [0.3, 0.4) is 0 Å². The predicted molar refractivity (Wildman–Crippen MR) is 77.6 cm³/mol. The fourth-order valence-electron chi connectivity index (χ4n) is 1.93. The van der Waals surface area contributed by atoms with Gasteiger partial charge in [-0.3, -0.25) is 4.79 Å². The highest BCUT2D eigenvalue weighted by atomic mass is 16.7. The zero-order valence-corrected chi connectivity index (χ0v) is 13.8. The number of carbonyl (C=O) groups excluding carboxylic acids is 2. The maximum Gasteiger partial charge on any atom is 0.417 e. The molecule has 0 aromatic rings. The molecule has 6 nitrogen and oxygen atoms in total. The number of hydrogen-bond donors (Lipinski definition) is 0. The average Bonchev–Trinajstić information content (AvgIpc) is 2.34. The van der Waals surface area contributed by atoms with Crippen LogP contribution in [0.15, 0.2) is 11.6 Å². The molecule has 120 valence electrons. The number of amides is 2. The van der Waals surface area contributed by atoms with Crippen molar-refractivity contribution in [2.75, 3.05) is 7.11 Å². The Balaban J connectivity index is 2.91. The SMILES string of the molecule is COC(C)(C)O[C@@H]1C(=O)N(C(=O)OC(C)C)[C@@H]1C=C(C)C. The molecule has 1 rings (SSSR count). The van der Waals surface area contributed by atoms with Gasteiger partial charge in [0.05, 0.1) is 12.1 Å². The Labute approximate surface area is 126 Å². The standard InChI is InChI=1S/C15H25NO5/c1-9(2)8-11-12(21-15(5,6)19-7)13(17)16(11)14(18)20-10(3)4/h8,10-12H,1-7H3/t11-,12+/m1/s1. The number of imide groups is 1. The highest BCUT2D eigenvalue weighted by molar-refractivity contribution is 6.01. The molecular formula is C15H25NO5. The second kappa shape index (κ2) is 6.58. The molecule has 1 saturated heterocycles. The van der Waals surface area contributed by atoms with Crippen molar-refractivity contribution in [2.24, 2.45) is 0 Å². The first-order chi connectivity index (χ1) is 9.59. The third kappa shape index (κ3) is 4.28. The summed E-state index contributed by atoms with van der Waals surface area (Å²) in [5.74, 6) is -1.31. The molecule has 0 saturated carbocycles. The lowest BCUT2D eigenvalue weighted by Gasteiger charge is -2.45. The van der Waals surface area contributed by atoms with Crippen molar-refractivity contribution in [3.63, 3.8) is 0 Å². The van der Waals surface area contributed by atoms with Gasteiger partial charge < -0.3 is 14.2 Å². The van der Waals surface area contributed by atoms with Gasteiger partial charge in [-0.25, -0.2) is 9.69 Å². The number of β-lactam (4-membered cyclic amide) rings is 1. The lowest BCUT2D eigenvalue weighted by Crippen LogP contribution is -2.68. The molecule has 6 heteroatoms. The van der Waals surface area contributed by atoms with Crippen LogP contribution in [0.1, 0.15) is 41.5 Å². The normalized spacial score (nSPS) is 22.1. The number of rotatable bonds is 5. The van der Waals surface area contributed by atoms with E-state index in [0.717, 1.165) is 10.5 Å². The quantitative estimate of drug-likeness (QED) is 0.443. The molecule has 21 heavy (non-hydrogen) atoms. The molecule has 0 bridgehead atoms. The van der Waals surface area contributed by atoms with Gasteiger partial charge in [-0.1, -0.05) is 11.6 Å². The molecule has 0 radical (unpaired) electrons. The molecule has 2 amide bonds. The first-order valence-corrected chi connectivity index (χ1v) is 7.00. The minimum Gasteiger partial charge on any atom is -0.446 e. The van der Waals surface area contributed by atoms with Crippen molar-refractivity contribution >= 4 is 12.0 Å². The van der Waals surface area contributed by atoms with Crippen LogP contribution in [-0.4, -0.2) is 48.0 Å². The lowest BCUT2D eigenvalue weighted by molar-refractivity contribution is -0.246. The Bertz CT molecular complexity index is 437. The van der Waals surface area contributed by atoms with Crippen molar-refractivity contribution in [3.8, 4) is 0 Å². The highest BCUT2D eigenvalue weighted by Gasteiger charge is 2.53. The van der Waals surface area contributed by atoms with Crippen LogP contribution in [-0.2, 0) is 19.0 Å². The zero-order chi connectivity index (χ0) is 16.4.